The number of carbonyl (C=O) groups is 1. The fourth-order valence-electron chi connectivity index (χ4n) is 1.62. The standard InChI is InChI=1S/C14H20N2O2/c1-5-8-16(14(2,3)4)13(18)10-6-7-11(15)12(17)9-10/h5-7,9,17H,1,8,15H2,2-4H3. The molecule has 0 saturated carbocycles. The Balaban J connectivity index is 3.09. The van der Waals surface area contributed by atoms with Gasteiger partial charge in [0.1, 0.15) is 5.75 Å². The number of aromatic hydroxyl groups is 1. The second kappa shape index (κ2) is 5.12. The predicted octanol–water partition coefficient (Wildman–Crippen LogP) is 2.40. The number of nitrogen functional groups attached to an aromatic ring is 1. The zero-order valence-corrected chi connectivity index (χ0v) is 11.1. The lowest BCUT2D eigenvalue weighted by atomic mass is 10.0. The molecule has 0 aliphatic heterocycles. The van der Waals surface area contributed by atoms with Crippen molar-refractivity contribution in [1.29, 1.82) is 0 Å². The Morgan fingerprint density at radius 3 is 2.56 bits per heavy atom. The van der Waals surface area contributed by atoms with Crippen LogP contribution in [0.25, 0.3) is 0 Å². The quantitative estimate of drug-likeness (QED) is 0.490. The first-order valence-electron chi connectivity index (χ1n) is 5.78. The highest BCUT2D eigenvalue weighted by molar-refractivity contribution is 5.95. The van der Waals surface area contributed by atoms with Gasteiger partial charge < -0.3 is 15.7 Å². The molecule has 0 fully saturated rings. The van der Waals surface area contributed by atoms with Gasteiger partial charge in [0, 0.05) is 17.6 Å². The second-order valence-electron chi connectivity index (χ2n) is 5.15. The van der Waals surface area contributed by atoms with E-state index in [-0.39, 0.29) is 22.9 Å². The molecule has 4 nitrogen and oxygen atoms in total. The van der Waals surface area contributed by atoms with Gasteiger partial charge in [0.25, 0.3) is 5.91 Å². The molecule has 1 amide bonds. The van der Waals surface area contributed by atoms with Crippen molar-refractivity contribution < 1.29 is 9.90 Å². The molecule has 0 bridgehead atoms. The van der Waals surface area contributed by atoms with E-state index < -0.39 is 0 Å². The first kappa shape index (κ1) is 14.1. The van der Waals surface area contributed by atoms with Crippen molar-refractivity contribution in [3.8, 4) is 5.75 Å². The molecule has 1 aromatic rings. The smallest absolute Gasteiger partial charge is 0.254 e. The van der Waals surface area contributed by atoms with Crippen molar-refractivity contribution in [2.45, 2.75) is 26.3 Å². The van der Waals surface area contributed by atoms with Gasteiger partial charge in [-0.15, -0.1) is 6.58 Å². The largest absolute Gasteiger partial charge is 0.506 e. The summed E-state index contributed by atoms with van der Waals surface area (Å²) >= 11 is 0. The maximum Gasteiger partial charge on any atom is 0.254 e. The molecule has 0 unspecified atom stereocenters. The van der Waals surface area contributed by atoms with Crippen LogP contribution in [0.4, 0.5) is 5.69 Å². The lowest BCUT2D eigenvalue weighted by Gasteiger charge is -2.35. The molecule has 18 heavy (non-hydrogen) atoms. The van der Waals surface area contributed by atoms with Crippen molar-refractivity contribution in [1.82, 2.24) is 4.90 Å². The highest BCUT2D eigenvalue weighted by Gasteiger charge is 2.26. The summed E-state index contributed by atoms with van der Waals surface area (Å²) in [4.78, 5) is 14.1. The summed E-state index contributed by atoms with van der Waals surface area (Å²) in [6.07, 6.45) is 1.68. The van der Waals surface area contributed by atoms with E-state index in [4.69, 9.17) is 5.73 Å². The first-order chi connectivity index (χ1) is 8.27. The maximum atomic E-state index is 12.4. The van der Waals surface area contributed by atoms with Crippen LogP contribution in [-0.2, 0) is 0 Å². The summed E-state index contributed by atoms with van der Waals surface area (Å²) in [7, 11) is 0. The van der Waals surface area contributed by atoms with Crippen molar-refractivity contribution in [3.05, 3.63) is 36.4 Å². The Bertz CT molecular complexity index is 461. The van der Waals surface area contributed by atoms with Gasteiger partial charge >= 0.3 is 0 Å². The van der Waals surface area contributed by atoms with Crippen LogP contribution in [-0.4, -0.2) is 28.0 Å². The molecule has 98 valence electrons. The minimum Gasteiger partial charge on any atom is -0.506 e. The van der Waals surface area contributed by atoms with Gasteiger partial charge in [-0.1, -0.05) is 6.08 Å². The number of phenolic OH excluding ortho intramolecular Hbond substituents is 1. The minimum atomic E-state index is -0.317. The number of nitrogens with two attached hydrogens (primary N) is 1. The first-order valence-corrected chi connectivity index (χ1v) is 5.78. The van der Waals surface area contributed by atoms with E-state index in [0.717, 1.165) is 0 Å². The van der Waals surface area contributed by atoms with Gasteiger partial charge in [0.15, 0.2) is 0 Å². The molecule has 4 heteroatoms. The number of nitrogens with zero attached hydrogens (tertiary/aromatic N) is 1. The van der Waals surface area contributed by atoms with E-state index >= 15 is 0 Å². The summed E-state index contributed by atoms with van der Waals surface area (Å²) in [6.45, 7) is 9.96. The third-order valence-electron chi connectivity index (χ3n) is 2.64. The number of amides is 1. The number of rotatable bonds is 3. The fraction of sp³-hybridized carbons (Fsp3) is 0.357. The average Bonchev–Trinajstić information content (AvgIpc) is 2.27. The number of anilines is 1. The maximum absolute atomic E-state index is 12.4. The Hall–Kier alpha value is -1.97. The van der Waals surface area contributed by atoms with Crippen molar-refractivity contribution >= 4 is 11.6 Å². The van der Waals surface area contributed by atoms with Gasteiger partial charge in [-0.05, 0) is 39.0 Å². The molecule has 0 aliphatic rings. The number of carbonyl (C=O) groups excluding carboxylic acids is 1. The third-order valence-corrected chi connectivity index (χ3v) is 2.64. The number of hydrogen-bond donors (Lipinski definition) is 2. The van der Waals surface area contributed by atoms with E-state index in [2.05, 4.69) is 6.58 Å². The summed E-state index contributed by atoms with van der Waals surface area (Å²) in [5.41, 5.74) is 5.88. The molecule has 1 rings (SSSR count). The fourth-order valence-corrected chi connectivity index (χ4v) is 1.62. The third kappa shape index (κ3) is 3.03. The molecule has 0 aliphatic carbocycles. The molecule has 3 N–H and O–H groups in total. The lowest BCUT2D eigenvalue weighted by molar-refractivity contribution is 0.0616. The molecule has 0 heterocycles. The molecule has 0 radical (unpaired) electrons. The highest BCUT2D eigenvalue weighted by atomic mass is 16.3. The predicted molar refractivity (Wildman–Crippen MR) is 73.5 cm³/mol. The van der Waals surface area contributed by atoms with Crippen LogP contribution in [0.15, 0.2) is 30.9 Å². The van der Waals surface area contributed by atoms with Gasteiger partial charge in [-0.3, -0.25) is 4.79 Å². The van der Waals surface area contributed by atoms with E-state index in [0.29, 0.717) is 12.1 Å². The van der Waals surface area contributed by atoms with Crippen molar-refractivity contribution in [2.24, 2.45) is 0 Å². The van der Waals surface area contributed by atoms with Crippen LogP contribution in [0.3, 0.4) is 0 Å². The Morgan fingerprint density at radius 1 is 1.50 bits per heavy atom. The van der Waals surface area contributed by atoms with Gasteiger partial charge in [-0.2, -0.15) is 0 Å². The molecule has 1 aromatic carbocycles. The van der Waals surface area contributed by atoms with Gasteiger partial charge in [0.2, 0.25) is 0 Å². The normalized spacial score (nSPS) is 11.1. The van der Waals surface area contributed by atoms with Crippen LogP contribution in [0.2, 0.25) is 0 Å². The Morgan fingerprint density at radius 2 is 2.11 bits per heavy atom. The molecule has 0 spiro atoms. The lowest BCUT2D eigenvalue weighted by Crippen LogP contribution is -2.45. The van der Waals surface area contributed by atoms with E-state index in [1.54, 1.807) is 17.0 Å². The van der Waals surface area contributed by atoms with Crippen LogP contribution in [0, 0.1) is 0 Å². The minimum absolute atomic E-state index is 0.0756. The average molecular weight is 248 g/mol. The van der Waals surface area contributed by atoms with Crippen molar-refractivity contribution in [2.75, 3.05) is 12.3 Å². The molecular formula is C14H20N2O2. The summed E-state index contributed by atoms with van der Waals surface area (Å²) in [5, 5.41) is 9.55. The van der Waals surface area contributed by atoms with E-state index in [1.165, 1.54) is 12.1 Å². The molecule has 0 aromatic heterocycles. The Kier molecular flexibility index (Phi) is 4.01. The molecule has 0 saturated heterocycles. The SMILES string of the molecule is C=CCN(C(=O)c1ccc(N)c(O)c1)C(C)(C)C. The number of benzene rings is 1. The van der Waals surface area contributed by atoms with Gasteiger partial charge in [0.05, 0.1) is 5.69 Å². The van der Waals surface area contributed by atoms with Gasteiger partial charge in [-0.25, -0.2) is 0 Å². The number of hydrogen-bond acceptors (Lipinski definition) is 3. The summed E-state index contributed by atoms with van der Waals surface area (Å²) in [6, 6.07) is 4.52. The van der Waals surface area contributed by atoms with Crippen LogP contribution >= 0.6 is 0 Å². The second-order valence-corrected chi connectivity index (χ2v) is 5.15. The van der Waals surface area contributed by atoms with E-state index in [1.807, 2.05) is 20.8 Å². The molecule has 0 atom stereocenters. The number of phenols is 1. The van der Waals surface area contributed by atoms with Crippen LogP contribution in [0.5, 0.6) is 5.75 Å². The molecular weight excluding hydrogens is 228 g/mol. The Labute approximate surface area is 108 Å². The van der Waals surface area contributed by atoms with Crippen molar-refractivity contribution in [3.63, 3.8) is 0 Å². The highest BCUT2D eigenvalue weighted by Crippen LogP contribution is 2.23. The zero-order chi connectivity index (χ0) is 13.9. The summed E-state index contributed by atoms with van der Waals surface area (Å²) in [5.74, 6) is -0.231. The van der Waals surface area contributed by atoms with E-state index in [9.17, 15) is 9.90 Å². The van der Waals surface area contributed by atoms with Crippen LogP contribution in [0.1, 0.15) is 31.1 Å². The summed E-state index contributed by atoms with van der Waals surface area (Å²) < 4.78 is 0. The monoisotopic (exact) mass is 248 g/mol. The topological polar surface area (TPSA) is 66.6 Å². The van der Waals surface area contributed by atoms with Crippen LogP contribution < -0.4 is 5.73 Å². The zero-order valence-electron chi connectivity index (χ0n) is 11.1.